The molecular formula is C6H6N5O2S. The van der Waals surface area contributed by atoms with Gasteiger partial charge in [-0.05, 0) is 6.07 Å². The Bertz CT molecular complexity index is 560. The molecule has 0 aromatic carbocycles. The molecule has 73 valence electrons. The molecule has 2 aromatic rings. The quantitative estimate of drug-likeness (QED) is 0.710. The van der Waals surface area contributed by atoms with E-state index in [1.807, 2.05) is 0 Å². The van der Waals surface area contributed by atoms with E-state index in [0.29, 0.717) is 11.3 Å². The molecule has 0 amide bonds. The normalized spacial score (nSPS) is 11.8. The minimum atomic E-state index is -3.33. The smallest absolute Gasteiger partial charge is 0.229 e. The number of rotatable bonds is 2. The topological polar surface area (TPSA) is 89.2 Å². The van der Waals surface area contributed by atoms with Gasteiger partial charge in [0.1, 0.15) is 12.5 Å². The first-order valence-electron chi connectivity index (χ1n) is 3.61. The van der Waals surface area contributed by atoms with E-state index in [9.17, 15) is 8.42 Å². The van der Waals surface area contributed by atoms with Crippen LogP contribution < -0.4 is 4.72 Å². The Morgan fingerprint density at radius 1 is 1.57 bits per heavy atom. The van der Waals surface area contributed by atoms with Crippen LogP contribution in [0.3, 0.4) is 0 Å². The summed E-state index contributed by atoms with van der Waals surface area (Å²) in [5.41, 5.74) is 0.647. The van der Waals surface area contributed by atoms with Gasteiger partial charge in [0, 0.05) is 0 Å². The largest absolute Gasteiger partial charge is 0.280 e. The maximum atomic E-state index is 11.0. The molecular weight excluding hydrogens is 206 g/mol. The molecule has 0 spiro atoms. The number of nitrogens with one attached hydrogen (secondary N) is 1. The van der Waals surface area contributed by atoms with Crippen LogP contribution in [0.25, 0.3) is 5.65 Å². The summed E-state index contributed by atoms with van der Waals surface area (Å²) in [5.74, 6) is 0. The molecule has 14 heavy (non-hydrogen) atoms. The zero-order valence-corrected chi connectivity index (χ0v) is 7.98. The molecule has 2 rings (SSSR count). The summed E-state index contributed by atoms with van der Waals surface area (Å²) in [6, 6.07) is 1.39. The van der Waals surface area contributed by atoms with Gasteiger partial charge in [-0.1, -0.05) is 0 Å². The molecule has 0 fully saturated rings. The third-order valence-corrected chi connectivity index (χ3v) is 2.03. The second kappa shape index (κ2) is 2.91. The van der Waals surface area contributed by atoms with Crippen LogP contribution in [0, 0.1) is 6.20 Å². The van der Waals surface area contributed by atoms with Gasteiger partial charge < -0.3 is 0 Å². The van der Waals surface area contributed by atoms with Crippen molar-refractivity contribution >= 4 is 21.4 Å². The Hall–Kier alpha value is -1.70. The molecule has 2 aromatic heterocycles. The predicted molar refractivity (Wildman–Crippen MR) is 48.1 cm³/mol. The molecule has 0 saturated heterocycles. The predicted octanol–water partition coefficient (Wildman–Crippen LogP) is -0.704. The molecule has 0 unspecified atom stereocenters. The lowest BCUT2D eigenvalue weighted by atomic mass is 10.5. The Morgan fingerprint density at radius 2 is 2.36 bits per heavy atom. The molecule has 0 aliphatic heterocycles. The SMILES string of the molecule is CS(=O)(=O)Nc1c[c]nn2cnnc12. The lowest BCUT2D eigenvalue weighted by molar-refractivity contribution is 0.607. The Kier molecular flexibility index (Phi) is 1.84. The van der Waals surface area contributed by atoms with Gasteiger partial charge in [-0.15, -0.1) is 10.2 Å². The summed E-state index contributed by atoms with van der Waals surface area (Å²) in [5, 5.41) is 11.1. The highest BCUT2D eigenvalue weighted by Gasteiger charge is 2.08. The molecule has 2 heterocycles. The van der Waals surface area contributed by atoms with Gasteiger partial charge in [0.25, 0.3) is 0 Å². The number of hydrogen-bond donors (Lipinski definition) is 1. The number of hydrogen-bond acceptors (Lipinski definition) is 5. The van der Waals surface area contributed by atoms with Crippen LogP contribution in [0.4, 0.5) is 5.69 Å². The highest BCUT2D eigenvalue weighted by atomic mass is 32.2. The van der Waals surface area contributed by atoms with E-state index >= 15 is 0 Å². The second-order valence-electron chi connectivity index (χ2n) is 2.66. The number of anilines is 1. The van der Waals surface area contributed by atoms with Crippen molar-refractivity contribution in [2.45, 2.75) is 0 Å². The summed E-state index contributed by atoms with van der Waals surface area (Å²) in [6.07, 6.45) is 4.93. The second-order valence-corrected chi connectivity index (χ2v) is 4.41. The van der Waals surface area contributed by atoms with Crippen LogP contribution in [0.1, 0.15) is 0 Å². The Morgan fingerprint density at radius 3 is 3.07 bits per heavy atom. The average Bonchev–Trinajstić information content (AvgIpc) is 2.49. The first kappa shape index (κ1) is 8.88. The molecule has 8 heteroatoms. The first-order chi connectivity index (χ1) is 6.56. The van der Waals surface area contributed by atoms with Gasteiger partial charge in [-0.2, -0.15) is 9.61 Å². The van der Waals surface area contributed by atoms with Crippen molar-refractivity contribution in [3.63, 3.8) is 0 Å². The standard InChI is InChI=1S/C6H6N5O2S/c1-14(12,13)10-5-2-3-8-11-4-7-9-6(5)11/h2,4,10H,1H3. The maximum absolute atomic E-state index is 11.0. The van der Waals surface area contributed by atoms with Gasteiger partial charge in [0.2, 0.25) is 15.7 Å². The van der Waals surface area contributed by atoms with E-state index in [0.717, 1.165) is 6.26 Å². The van der Waals surface area contributed by atoms with E-state index in [1.165, 1.54) is 16.9 Å². The van der Waals surface area contributed by atoms with Crippen molar-refractivity contribution in [1.82, 2.24) is 19.8 Å². The van der Waals surface area contributed by atoms with Crippen LogP contribution in [-0.4, -0.2) is 34.5 Å². The average molecular weight is 212 g/mol. The lowest BCUT2D eigenvalue weighted by Crippen LogP contribution is -2.11. The molecule has 0 saturated carbocycles. The summed E-state index contributed by atoms with van der Waals surface area (Å²) < 4.78 is 25.5. The van der Waals surface area contributed by atoms with Crippen LogP contribution in [0.5, 0.6) is 0 Å². The monoisotopic (exact) mass is 212 g/mol. The van der Waals surface area contributed by atoms with Crippen LogP contribution in [0.15, 0.2) is 12.4 Å². The van der Waals surface area contributed by atoms with Gasteiger partial charge in [-0.25, -0.2) is 8.42 Å². The summed E-state index contributed by atoms with van der Waals surface area (Å²) in [7, 11) is -3.33. The fourth-order valence-electron chi connectivity index (χ4n) is 0.975. The highest BCUT2D eigenvalue weighted by Crippen LogP contribution is 2.12. The van der Waals surface area contributed by atoms with Crippen molar-refractivity contribution in [3.8, 4) is 0 Å². The summed E-state index contributed by atoms with van der Waals surface area (Å²) in [6.45, 7) is 0. The molecule has 0 bridgehead atoms. The van der Waals surface area contributed by atoms with E-state index in [-0.39, 0.29) is 0 Å². The van der Waals surface area contributed by atoms with Crippen LogP contribution >= 0.6 is 0 Å². The number of nitrogens with zero attached hydrogens (tertiary/aromatic N) is 4. The van der Waals surface area contributed by atoms with Gasteiger partial charge in [0.05, 0.1) is 11.9 Å². The molecule has 1 radical (unpaired) electrons. The van der Waals surface area contributed by atoms with Crippen molar-refractivity contribution < 1.29 is 8.42 Å². The molecule has 0 aliphatic carbocycles. The highest BCUT2D eigenvalue weighted by molar-refractivity contribution is 7.92. The minimum absolute atomic E-state index is 0.306. The zero-order chi connectivity index (χ0) is 10.2. The van der Waals surface area contributed by atoms with Crippen LogP contribution in [-0.2, 0) is 10.0 Å². The van der Waals surface area contributed by atoms with E-state index < -0.39 is 10.0 Å². The van der Waals surface area contributed by atoms with Gasteiger partial charge in [0.15, 0.2) is 0 Å². The third-order valence-electron chi connectivity index (χ3n) is 1.44. The van der Waals surface area contributed by atoms with Crippen molar-refractivity contribution in [2.24, 2.45) is 0 Å². The summed E-state index contributed by atoms with van der Waals surface area (Å²) in [4.78, 5) is 0. The van der Waals surface area contributed by atoms with Crippen molar-refractivity contribution in [2.75, 3.05) is 11.0 Å². The van der Waals surface area contributed by atoms with Gasteiger partial charge >= 0.3 is 0 Å². The number of fused-ring (bicyclic) bond motifs is 1. The van der Waals surface area contributed by atoms with Crippen LogP contribution in [0.2, 0.25) is 0 Å². The maximum Gasteiger partial charge on any atom is 0.229 e. The number of aromatic nitrogens is 4. The van der Waals surface area contributed by atoms with Gasteiger partial charge in [-0.3, -0.25) is 4.72 Å². The fraction of sp³-hybridized carbons (Fsp3) is 0.167. The van der Waals surface area contributed by atoms with Crippen molar-refractivity contribution in [3.05, 3.63) is 18.6 Å². The Labute approximate surface area is 79.8 Å². The van der Waals surface area contributed by atoms with E-state index in [1.54, 1.807) is 0 Å². The van der Waals surface area contributed by atoms with E-state index in [4.69, 9.17) is 0 Å². The Balaban J connectivity index is 2.57. The molecule has 0 aliphatic rings. The fourth-order valence-corrected chi connectivity index (χ4v) is 1.53. The molecule has 7 nitrogen and oxygen atoms in total. The minimum Gasteiger partial charge on any atom is -0.280 e. The molecule has 1 N–H and O–H groups in total. The van der Waals surface area contributed by atoms with Crippen molar-refractivity contribution in [1.29, 1.82) is 0 Å². The molecule has 0 atom stereocenters. The summed E-state index contributed by atoms with van der Waals surface area (Å²) >= 11 is 0. The number of sulfonamides is 1. The third kappa shape index (κ3) is 1.64. The zero-order valence-electron chi connectivity index (χ0n) is 7.17. The lowest BCUT2D eigenvalue weighted by Gasteiger charge is -2.02. The first-order valence-corrected chi connectivity index (χ1v) is 5.50. The van der Waals surface area contributed by atoms with E-state index in [2.05, 4.69) is 26.2 Å².